The number of hydrogen-bond donors (Lipinski definition) is 1. The number of ether oxygens (including phenoxy) is 1. The van der Waals surface area contributed by atoms with Gasteiger partial charge in [0, 0.05) is 6.42 Å². The van der Waals surface area contributed by atoms with E-state index >= 15 is 0 Å². The molecule has 0 fully saturated rings. The molecule has 0 radical (unpaired) electrons. The minimum atomic E-state index is -0.670. The van der Waals surface area contributed by atoms with E-state index in [0.717, 1.165) is 44.9 Å². The molecule has 0 spiro atoms. The summed E-state index contributed by atoms with van der Waals surface area (Å²) in [5.41, 5.74) is 0. The molecule has 0 amide bonds. The normalized spacial score (nSPS) is 14.0. The minimum absolute atomic E-state index is 0.0489. The molecule has 0 bridgehead atoms. The summed E-state index contributed by atoms with van der Waals surface area (Å²) in [5, 5.41) is 8.63. The predicted molar refractivity (Wildman–Crippen MR) is 144 cm³/mol. The van der Waals surface area contributed by atoms with Crippen LogP contribution >= 0.6 is 0 Å². The van der Waals surface area contributed by atoms with Gasteiger partial charge in [-0.2, -0.15) is 0 Å². The summed E-state index contributed by atoms with van der Waals surface area (Å²) in [6.45, 7) is 9.44. The fraction of sp³-hybridized carbons (Fsp3) is 0.933. The zero-order valence-electron chi connectivity index (χ0n) is 23.3. The molecule has 3 unspecified atom stereocenters. The average Bonchev–Trinajstić information content (AvgIpc) is 2.79. The third kappa shape index (κ3) is 21.5. The van der Waals surface area contributed by atoms with Gasteiger partial charge in [0.2, 0.25) is 0 Å². The lowest BCUT2D eigenvalue weighted by Crippen LogP contribution is -2.22. The summed E-state index contributed by atoms with van der Waals surface area (Å²) in [4.78, 5) is 23.2. The van der Waals surface area contributed by atoms with Crippen molar-refractivity contribution in [1.29, 1.82) is 0 Å². The highest BCUT2D eigenvalue weighted by Gasteiger charge is 2.22. The van der Waals surface area contributed by atoms with Crippen molar-refractivity contribution in [3.63, 3.8) is 0 Å². The first-order valence-electron chi connectivity index (χ1n) is 14.8. The van der Waals surface area contributed by atoms with Crippen LogP contribution in [0.3, 0.4) is 0 Å². The Balaban J connectivity index is 3.84. The van der Waals surface area contributed by atoms with Crippen LogP contribution < -0.4 is 0 Å². The van der Waals surface area contributed by atoms with Gasteiger partial charge in [0.1, 0.15) is 0 Å². The maximum atomic E-state index is 12.7. The maximum Gasteiger partial charge on any atom is 0.308 e. The molecule has 0 aliphatic rings. The first-order valence-corrected chi connectivity index (χ1v) is 14.8. The summed E-state index contributed by atoms with van der Waals surface area (Å²) in [7, 11) is 0. The Morgan fingerprint density at radius 3 is 1.56 bits per heavy atom. The van der Waals surface area contributed by atoms with Crippen molar-refractivity contribution in [2.45, 2.75) is 156 Å². The Morgan fingerprint density at radius 2 is 1.09 bits per heavy atom. The minimum Gasteiger partial charge on any atom is -0.481 e. The number of esters is 1. The molecule has 0 aromatic carbocycles. The van der Waals surface area contributed by atoms with Crippen LogP contribution in [0.25, 0.3) is 0 Å². The van der Waals surface area contributed by atoms with Crippen LogP contribution in [0.2, 0.25) is 0 Å². The lowest BCUT2D eigenvalue weighted by molar-refractivity contribution is -0.151. The average molecular weight is 483 g/mol. The zero-order valence-corrected chi connectivity index (χ0v) is 23.3. The second-order valence-electron chi connectivity index (χ2n) is 10.9. The van der Waals surface area contributed by atoms with Gasteiger partial charge in [0.25, 0.3) is 0 Å². The van der Waals surface area contributed by atoms with E-state index in [1.165, 1.54) is 77.0 Å². The van der Waals surface area contributed by atoms with E-state index in [1.807, 2.05) is 0 Å². The summed E-state index contributed by atoms with van der Waals surface area (Å²) in [6.07, 6.45) is 22.8. The van der Waals surface area contributed by atoms with Crippen molar-refractivity contribution in [3.05, 3.63) is 0 Å². The molecule has 0 aromatic rings. The molecule has 3 atom stereocenters. The monoisotopic (exact) mass is 482 g/mol. The molecule has 0 heterocycles. The fourth-order valence-corrected chi connectivity index (χ4v) is 4.96. The van der Waals surface area contributed by atoms with Crippen molar-refractivity contribution in [3.8, 4) is 0 Å². The van der Waals surface area contributed by atoms with Crippen molar-refractivity contribution in [1.82, 2.24) is 0 Å². The van der Waals surface area contributed by atoms with E-state index in [0.29, 0.717) is 24.9 Å². The Hall–Kier alpha value is -1.06. The maximum absolute atomic E-state index is 12.7. The largest absolute Gasteiger partial charge is 0.481 e. The number of aliphatic carboxylic acids is 1. The quantitative estimate of drug-likeness (QED) is 0.104. The number of carbonyl (C=O) groups excluding carboxylic acids is 1. The Morgan fingerprint density at radius 1 is 0.647 bits per heavy atom. The van der Waals surface area contributed by atoms with Crippen LogP contribution in [-0.4, -0.2) is 23.7 Å². The van der Waals surface area contributed by atoms with E-state index in [9.17, 15) is 9.59 Å². The summed E-state index contributed by atoms with van der Waals surface area (Å²) in [6, 6.07) is 0. The third-order valence-corrected chi connectivity index (χ3v) is 7.04. The Bertz CT molecular complexity index is 476. The highest BCUT2D eigenvalue weighted by atomic mass is 16.5. The Kier molecular flexibility index (Phi) is 22.9. The van der Waals surface area contributed by atoms with E-state index in [2.05, 4.69) is 27.7 Å². The SMILES string of the molecule is CCCC(C)COC(=O)C(CCCCCCCCCCCCCCCC(=O)O)CC(C)CCC. The van der Waals surface area contributed by atoms with Gasteiger partial charge in [-0.1, -0.05) is 124 Å². The molecule has 0 aromatic heterocycles. The van der Waals surface area contributed by atoms with Crippen LogP contribution in [0.15, 0.2) is 0 Å². The molecular formula is C30H58O4. The topological polar surface area (TPSA) is 63.6 Å². The number of unbranched alkanes of at least 4 members (excludes halogenated alkanes) is 12. The van der Waals surface area contributed by atoms with Crippen molar-refractivity contribution in [2.75, 3.05) is 6.61 Å². The zero-order chi connectivity index (χ0) is 25.4. The van der Waals surface area contributed by atoms with Gasteiger partial charge in [0.15, 0.2) is 0 Å². The molecule has 1 N–H and O–H groups in total. The summed E-state index contributed by atoms with van der Waals surface area (Å²) >= 11 is 0. The van der Waals surface area contributed by atoms with E-state index < -0.39 is 5.97 Å². The van der Waals surface area contributed by atoms with Gasteiger partial charge in [-0.25, -0.2) is 0 Å². The highest BCUT2D eigenvalue weighted by Crippen LogP contribution is 2.24. The van der Waals surface area contributed by atoms with Crippen LogP contribution in [0.1, 0.15) is 156 Å². The molecule has 0 aliphatic carbocycles. The second kappa shape index (κ2) is 23.7. The molecule has 4 heteroatoms. The lowest BCUT2D eigenvalue weighted by Gasteiger charge is -2.21. The molecule has 0 saturated heterocycles. The van der Waals surface area contributed by atoms with Crippen LogP contribution in [-0.2, 0) is 14.3 Å². The van der Waals surface area contributed by atoms with E-state index in [4.69, 9.17) is 9.84 Å². The summed E-state index contributed by atoms with van der Waals surface area (Å²) in [5.74, 6) is 0.524. The molecule has 0 rings (SSSR count). The van der Waals surface area contributed by atoms with E-state index in [1.54, 1.807) is 0 Å². The van der Waals surface area contributed by atoms with Crippen LogP contribution in [0.5, 0.6) is 0 Å². The molecule has 0 aliphatic heterocycles. The molecule has 4 nitrogen and oxygen atoms in total. The number of rotatable bonds is 25. The van der Waals surface area contributed by atoms with Crippen molar-refractivity contribution >= 4 is 11.9 Å². The molecule has 34 heavy (non-hydrogen) atoms. The number of carbonyl (C=O) groups is 2. The second-order valence-corrected chi connectivity index (χ2v) is 10.9. The Labute approximate surface area is 212 Å². The van der Waals surface area contributed by atoms with Gasteiger partial charge < -0.3 is 9.84 Å². The van der Waals surface area contributed by atoms with Gasteiger partial charge in [0.05, 0.1) is 12.5 Å². The summed E-state index contributed by atoms with van der Waals surface area (Å²) < 4.78 is 5.71. The van der Waals surface area contributed by atoms with Gasteiger partial charge in [-0.05, 0) is 37.5 Å². The first-order chi connectivity index (χ1) is 16.4. The van der Waals surface area contributed by atoms with Gasteiger partial charge >= 0.3 is 11.9 Å². The highest BCUT2D eigenvalue weighted by molar-refractivity contribution is 5.72. The number of hydrogen-bond acceptors (Lipinski definition) is 3. The lowest BCUT2D eigenvalue weighted by atomic mass is 9.89. The standard InChI is InChI=1S/C30H58O4/c1-5-20-26(3)24-28(30(33)34-25-27(4)21-6-2)22-18-16-14-12-10-8-7-9-11-13-15-17-19-23-29(31)32/h26-28H,5-25H2,1-4H3,(H,31,32). The molecule has 202 valence electrons. The van der Waals surface area contributed by atoms with Crippen LogP contribution in [0.4, 0.5) is 0 Å². The molecular weight excluding hydrogens is 424 g/mol. The fourth-order valence-electron chi connectivity index (χ4n) is 4.96. The van der Waals surface area contributed by atoms with E-state index in [-0.39, 0.29) is 11.9 Å². The number of carboxylic acids is 1. The predicted octanol–water partition coefficient (Wildman–Crippen LogP) is 9.34. The third-order valence-electron chi connectivity index (χ3n) is 7.04. The number of carboxylic acid groups (broad SMARTS) is 1. The van der Waals surface area contributed by atoms with Gasteiger partial charge in [-0.15, -0.1) is 0 Å². The van der Waals surface area contributed by atoms with Crippen LogP contribution in [0, 0.1) is 17.8 Å². The van der Waals surface area contributed by atoms with Gasteiger partial charge in [-0.3, -0.25) is 9.59 Å². The first kappa shape index (κ1) is 32.9. The molecule has 0 saturated carbocycles. The smallest absolute Gasteiger partial charge is 0.308 e. The van der Waals surface area contributed by atoms with Crippen molar-refractivity contribution < 1.29 is 19.4 Å². The van der Waals surface area contributed by atoms with Crippen molar-refractivity contribution in [2.24, 2.45) is 17.8 Å².